The molecule has 0 saturated carbocycles. The van der Waals surface area contributed by atoms with Crippen LogP contribution in [0.25, 0.3) is 10.9 Å². The zero-order chi connectivity index (χ0) is 22.3. The third kappa shape index (κ3) is 9.16. The molecule has 0 aliphatic heterocycles. The lowest BCUT2D eigenvalue weighted by molar-refractivity contribution is 0.249. The molecule has 3 N–H and O–H groups in total. The van der Waals surface area contributed by atoms with Crippen LogP contribution in [0.4, 0.5) is 4.79 Å². The van der Waals surface area contributed by atoms with Gasteiger partial charge < -0.3 is 10.3 Å². The summed E-state index contributed by atoms with van der Waals surface area (Å²) in [5.41, 5.74) is 10.6. The van der Waals surface area contributed by atoms with Crippen molar-refractivity contribution in [3.63, 3.8) is 0 Å². The van der Waals surface area contributed by atoms with E-state index in [1.54, 1.807) is 0 Å². The first-order valence-electron chi connectivity index (χ1n) is 12.3. The van der Waals surface area contributed by atoms with Crippen molar-refractivity contribution in [1.29, 1.82) is 0 Å². The van der Waals surface area contributed by atoms with Crippen LogP contribution in [0.3, 0.4) is 0 Å². The van der Waals surface area contributed by atoms with E-state index in [-0.39, 0.29) is 0 Å². The van der Waals surface area contributed by atoms with Crippen molar-refractivity contribution in [2.24, 2.45) is 17.9 Å². The molecule has 2 rings (SSSR count). The van der Waals surface area contributed by atoms with Gasteiger partial charge in [-0.1, -0.05) is 102 Å². The van der Waals surface area contributed by atoms with Gasteiger partial charge in [-0.25, -0.2) is 10.2 Å². The van der Waals surface area contributed by atoms with E-state index in [9.17, 15) is 4.79 Å². The number of carbonyl (C=O) groups is 1. The molecule has 1 heterocycles. The molecule has 0 spiro atoms. The molecule has 0 unspecified atom stereocenters. The Labute approximate surface area is 188 Å². The Hall–Kier alpha value is -2.30. The van der Waals surface area contributed by atoms with Crippen molar-refractivity contribution in [3.05, 3.63) is 41.4 Å². The summed E-state index contributed by atoms with van der Waals surface area (Å²) in [6.45, 7) is 2.28. The molecule has 5 nitrogen and oxygen atoms in total. The molecule has 0 aliphatic rings. The summed E-state index contributed by atoms with van der Waals surface area (Å²) < 4.78 is 1.98. The van der Waals surface area contributed by atoms with Crippen LogP contribution in [0, 0.1) is 0 Å². The number of carbonyl (C=O) groups excluding carboxylic acids is 1. The second-order valence-electron chi connectivity index (χ2n) is 8.68. The lowest BCUT2D eigenvalue weighted by atomic mass is 10.0. The number of nitrogens with two attached hydrogens (primary N) is 1. The van der Waals surface area contributed by atoms with Crippen LogP contribution in [0.1, 0.15) is 96.0 Å². The highest BCUT2D eigenvalue weighted by Crippen LogP contribution is 2.19. The smallest absolute Gasteiger partial charge is 0.332 e. The number of rotatable bonds is 15. The van der Waals surface area contributed by atoms with Gasteiger partial charge in [0.15, 0.2) is 5.49 Å². The first-order valence-corrected chi connectivity index (χ1v) is 12.3. The monoisotopic (exact) mass is 426 g/mol. The van der Waals surface area contributed by atoms with E-state index in [0.29, 0.717) is 5.49 Å². The largest absolute Gasteiger partial charge is 0.350 e. The molecule has 2 aromatic rings. The van der Waals surface area contributed by atoms with Crippen molar-refractivity contribution in [2.75, 3.05) is 0 Å². The van der Waals surface area contributed by atoms with E-state index in [4.69, 9.17) is 5.73 Å². The maximum atomic E-state index is 11.0. The van der Waals surface area contributed by atoms with E-state index in [2.05, 4.69) is 41.7 Å². The minimum absolute atomic E-state index is 0.647. The molecule has 0 atom stereocenters. The number of hydrogen-bond acceptors (Lipinski definition) is 2. The van der Waals surface area contributed by atoms with Gasteiger partial charge in [0.25, 0.3) is 0 Å². The summed E-state index contributed by atoms with van der Waals surface area (Å²) in [5, 5.41) is 5.42. The quantitative estimate of drug-likeness (QED) is 0.255. The summed E-state index contributed by atoms with van der Waals surface area (Å²) in [5.74, 6) is 0. The molecular weight excluding hydrogens is 384 g/mol. The molecule has 31 heavy (non-hydrogen) atoms. The highest BCUT2D eigenvalue weighted by Gasteiger charge is 2.06. The lowest BCUT2D eigenvalue weighted by Crippen LogP contribution is -2.30. The third-order valence-corrected chi connectivity index (χ3v) is 6.09. The third-order valence-electron chi connectivity index (χ3n) is 6.09. The zero-order valence-electron chi connectivity index (χ0n) is 19.7. The molecule has 1 aromatic heterocycles. The maximum absolute atomic E-state index is 11.0. The minimum atomic E-state index is -0.647. The Kier molecular flexibility index (Phi) is 11.8. The van der Waals surface area contributed by atoms with Crippen LogP contribution in [0.15, 0.2) is 35.4 Å². The second kappa shape index (κ2) is 14.7. The number of urea groups is 1. The Morgan fingerprint density at radius 2 is 1.45 bits per heavy atom. The van der Waals surface area contributed by atoms with E-state index >= 15 is 0 Å². The number of pyridine rings is 1. The predicted octanol–water partition coefficient (Wildman–Crippen LogP) is 6.30. The first-order chi connectivity index (χ1) is 15.1. The molecule has 0 aliphatic carbocycles. The standard InChI is InChI=1S/C26H42N4O/c1-3-4-5-6-7-8-9-10-11-12-13-14-15-18-22-21-25(28-29-26(27)31)30(2)24-20-17-16-19-23(22)24/h16-17,19-21H,3-15,18H2,1-2H3,(H3,27,29,31)/b28-25+. The van der Waals surface area contributed by atoms with Gasteiger partial charge >= 0.3 is 6.03 Å². The molecule has 0 radical (unpaired) electrons. The number of unbranched alkanes of at least 4 members (excludes halogenated alkanes) is 12. The van der Waals surface area contributed by atoms with Crippen LogP contribution in [-0.2, 0) is 13.5 Å². The van der Waals surface area contributed by atoms with Crippen molar-refractivity contribution < 1.29 is 4.79 Å². The van der Waals surface area contributed by atoms with Crippen molar-refractivity contribution in [3.8, 4) is 0 Å². The van der Waals surface area contributed by atoms with Gasteiger partial charge in [0.2, 0.25) is 0 Å². The van der Waals surface area contributed by atoms with Crippen LogP contribution in [0.2, 0.25) is 0 Å². The SMILES string of the molecule is CCCCCCCCCCCCCCCc1c/c(=N\NC(N)=O)n(C)c2ccccc12. The molecule has 172 valence electrons. The van der Waals surface area contributed by atoms with Crippen LogP contribution < -0.4 is 16.6 Å². The molecule has 0 bridgehead atoms. The number of primary amides is 1. The average Bonchev–Trinajstić information content (AvgIpc) is 2.77. The van der Waals surface area contributed by atoms with Gasteiger partial charge in [-0.05, 0) is 30.5 Å². The molecule has 0 saturated heterocycles. The lowest BCUT2D eigenvalue weighted by Gasteiger charge is -2.12. The number of hydrogen-bond donors (Lipinski definition) is 2. The van der Waals surface area contributed by atoms with Gasteiger partial charge in [-0.15, -0.1) is 0 Å². The van der Waals surface area contributed by atoms with Crippen LogP contribution >= 0.6 is 0 Å². The second-order valence-corrected chi connectivity index (χ2v) is 8.68. The highest BCUT2D eigenvalue weighted by molar-refractivity contribution is 5.82. The minimum Gasteiger partial charge on any atom is -0.350 e. The number of amides is 2. The van der Waals surface area contributed by atoms with Crippen LogP contribution in [0.5, 0.6) is 0 Å². The fourth-order valence-corrected chi connectivity index (χ4v) is 4.25. The fourth-order valence-electron chi connectivity index (χ4n) is 4.25. The van der Waals surface area contributed by atoms with E-state index in [0.717, 1.165) is 11.9 Å². The Balaban J connectivity index is 1.73. The predicted molar refractivity (Wildman–Crippen MR) is 131 cm³/mol. The normalized spacial score (nSPS) is 11.9. The molecule has 1 aromatic carbocycles. The Bertz CT molecular complexity index is 856. The van der Waals surface area contributed by atoms with Crippen molar-refractivity contribution in [1.82, 2.24) is 9.99 Å². The van der Waals surface area contributed by atoms with Gasteiger partial charge in [0, 0.05) is 18.0 Å². The number of fused-ring (bicyclic) bond motifs is 1. The first kappa shape index (κ1) is 25.0. The van der Waals surface area contributed by atoms with Gasteiger partial charge in [0.05, 0.1) is 0 Å². The number of aromatic nitrogens is 1. The maximum Gasteiger partial charge on any atom is 0.332 e. The molecule has 2 amide bonds. The number of nitrogens with zero attached hydrogens (tertiary/aromatic N) is 2. The highest BCUT2D eigenvalue weighted by atomic mass is 16.2. The topological polar surface area (TPSA) is 72.4 Å². The van der Waals surface area contributed by atoms with Crippen molar-refractivity contribution >= 4 is 16.9 Å². The number of nitrogens with one attached hydrogen (secondary N) is 1. The van der Waals surface area contributed by atoms with E-state index < -0.39 is 6.03 Å². The van der Waals surface area contributed by atoms with Crippen LogP contribution in [-0.4, -0.2) is 10.6 Å². The summed E-state index contributed by atoms with van der Waals surface area (Å²) in [6, 6.07) is 9.78. The number of aryl methyl sites for hydroxylation is 2. The molecular formula is C26H42N4O. The average molecular weight is 427 g/mol. The number of para-hydroxylation sites is 1. The van der Waals surface area contributed by atoms with Gasteiger partial charge in [-0.3, -0.25) is 0 Å². The van der Waals surface area contributed by atoms with Gasteiger partial charge in [0.1, 0.15) is 0 Å². The van der Waals surface area contributed by atoms with Crippen molar-refractivity contribution in [2.45, 2.75) is 96.8 Å². The molecule has 0 fully saturated rings. The Morgan fingerprint density at radius 3 is 2.03 bits per heavy atom. The summed E-state index contributed by atoms with van der Waals surface area (Å²) in [4.78, 5) is 11.0. The Morgan fingerprint density at radius 1 is 0.903 bits per heavy atom. The summed E-state index contributed by atoms with van der Waals surface area (Å²) >= 11 is 0. The summed E-state index contributed by atoms with van der Waals surface area (Å²) in [7, 11) is 1.96. The number of benzene rings is 1. The molecule has 5 heteroatoms. The summed E-state index contributed by atoms with van der Waals surface area (Å²) in [6.07, 6.45) is 18.7. The zero-order valence-corrected chi connectivity index (χ0v) is 19.7. The van der Waals surface area contributed by atoms with E-state index in [1.165, 1.54) is 94.4 Å². The van der Waals surface area contributed by atoms with E-state index in [1.807, 2.05) is 17.7 Å². The van der Waals surface area contributed by atoms with Gasteiger partial charge in [-0.2, -0.15) is 5.10 Å². The fraction of sp³-hybridized carbons (Fsp3) is 0.615.